The minimum absolute atomic E-state index is 0.0742. The molecule has 0 spiro atoms. The number of aromatic carboxylic acids is 1. The van der Waals surface area contributed by atoms with Crippen molar-refractivity contribution < 1.29 is 29.0 Å². The first-order valence-corrected chi connectivity index (χ1v) is 12.3. The molecular weight excluding hydrogens is 492 g/mol. The Morgan fingerprint density at radius 3 is 2.11 bits per heavy atom. The molecule has 1 heterocycles. The summed E-state index contributed by atoms with van der Waals surface area (Å²) in [5.74, 6) is -2.63. The van der Waals surface area contributed by atoms with E-state index in [1.54, 1.807) is 0 Å². The minimum Gasteiger partial charge on any atom is -0.478 e. The normalized spacial score (nSPS) is 13.2. The number of hydrogen-bond donors (Lipinski definition) is 2. The third-order valence-electron chi connectivity index (χ3n) is 5.48. The van der Waals surface area contributed by atoms with Crippen LogP contribution in [0.5, 0.6) is 0 Å². The molecule has 1 aliphatic rings. The molecule has 0 fully saturated rings. The Balaban J connectivity index is 1.65. The van der Waals surface area contributed by atoms with Crippen LogP contribution >= 0.6 is 11.8 Å². The van der Waals surface area contributed by atoms with Crippen molar-refractivity contribution in [3.8, 4) is 0 Å². The van der Waals surface area contributed by atoms with Gasteiger partial charge < -0.3 is 15.2 Å². The molecular formula is C28H24N2O6S. The Bertz CT molecular complexity index is 1380. The van der Waals surface area contributed by atoms with E-state index in [4.69, 9.17) is 9.84 Å². The maximum Gasteiger partial charge on any atom is 0.338 e. The summed E-state index contributed by atoms with van der Waals surface area (Å²) in [7, 11) is 0. The van der Waals surface area contributed by atoms with Gasteiger partial charge in [0.05, 0.1) is 23.4 Å². The fourth-order valence-electron chi connectivity index (χ4n) is 3.54. The minimum atomic E-state index is -1.07. The molecule has 37 heavy (non-hydrogen) atoms. The Morgan fingerprint density at radius 1 is 0.892 bits per heavy atom. The Hall–Kier alpha value is -4.37. The van der Waals surface area contributed by atoms with Gasteiger partial charge in [-0.3, -0.25) is 9.59 Å². The lowest BCUT2D eigenvalue weighted by molar-refractivity contribution is -0.120. The number of aryl methyl sites for hydroxylation is 1. The van der Waals surface area contributed by atoms with Crippen LogP contribution in [0.2, 0.25) is 0 Å². The van der Waals surface area contributed by atoms with Gasteiger partial charge in [0.15, 0.2) is 0 Å². The number of anilines is 2. The lowest BCUT2D eigenvalue weighted by Gasteiger charge is -2.16. The predicted octanol–water partition coefficient (Wildman–Crippen LogP) is 5.25. The highest BCUT2D eigenvalue weighted by atomic mass is 32.2. The SMILES string of the molecule is CCCOC(=O)c1ccc(N2C(=O)C(Nc3ccc(C(=O)O)cc3)=C(Sc3ccc(C)cc3)C2=O)cc1. The van der Waals surface area contributed by atoms with Gasteiger partial charge in [0.25, 0.3) is 11.8 Å². The Kier molecular flexibility index (Phi) is 7.74. The number of rotatable bonds is 9. The van der Waals surface area contributed by atoms with Crippen molar-refractivity contribution in [1.82, 2.24) is 0 Å². The zero-order chi connectivity index (χ0) is 26.5. The number of carbonyl (C=O) groups is 4. The zero-order valence-corrected chi connectivity index (χ0v) is 21.0. The van der Waals surface area contributed by atoms with Crippen molar-refractivity contribution >= 4 is 46.9 Å². The van der Waals surface area contributed by atoms with Crippen LogP contribution in [0, 0.1) is 6.92 Å². The molecule has 2 N–H and O–H groups in total. The van der Waals surface area contributed by atoms with Crippen molar-refractivity contribution in [2.45, 2.75) is 25.2 Å². The monoisotopic (exact) mass is 516 g/mol. The molecule has 0 aliphatic carbocycles. The molecule has 9 heteroatoms. The summed E-state index contributed by atoms with van der Waals surface area (Å²) < 4.78 is 5.14. The number of imide groups is 1. The first-order valence-electron chi connectivity index (χ1n) is 11.5. The smallest absolute Gasteiger partial charge is 0.338 e. The number of hydrogen-bond acceptors (Lipinski definition) is 7. The van der Waals surface area contributed by atoms with Gasteiger partial charge in [-0.05, 0) is 74.0 Å². The highest BCUT2D eigenvalue weighted by molar-refractivity contribution is 8.04. The topological polar surface area (TPSA) is 113 Å². The van der Waals surface area contributed by atoms with Gasteiger partial charge in [-0.15, -0.1) is 0 Å². The Labute approximate surface area is 217 Å². The quantitative estimate of drug-likeness (QED) is 0.293. The van der Waals surface area contributed by atoms with Crippen LogP contribution in [0.15, 0.2) is 88.3 Å². The number of nitrogens with zero attached hydrogens (tertiary/aromatic N) is 1. The highest BCUT2D eigenvalue weighted by Crippen LogP contribution is 2.38. The van der Waals surface area contributed by atoms with E-state index >= 15 is 0 Å². The molecule has 8 nitrogen and oxygen atoms in total. The molecule has 0 atom stereocenters. The van der Waals surface area contributed by atoms with Crippen LogP contribution in [-0.2, 0) is 14.3 Å². The third kappa shape index (κ3) is 5.73. The number of amides is 2. The molecule has 0 saturated heterocycles. The Morgan fingerprint density at radius 2 is 1.51 bits per heavy atom. The van der Waals surface area contributed by atoms with Crippen LogP contribution in [0.4, 0.5) is 11.4 Å². The van der Waals surface area contributed by atoms with Gasteiger partial charge in [-0.2, -0.15) is 0 Å². The summed E-state index contributed by atoms with van der Waals surface area (Å²) in [6.07, 6.45) is 0.697. The fraction of sp³-hybridized carbons (Fsp3) is 0.143. The van der Waals surface area contributed by atoms with Crippen LogP contribution in [-0.4, -0.2) is 35.5 Å². The second-order valence-corrected chi connectivity index (χ2v) is 9.34. The van der Waals surface area contributed by atoms with Crippen LogP contribution in [0.25, 0.3) is 0 Å². The molecule has 2 amide bonds. The van der Waals surface area contributed by atoms with Gasteiger partial charge in [0.2, 0.25) is 0 Å². The number of carboxylic acids is 1. The number of nitrogens with one attached hydrogen (secondary N) is 1. The van der Waals surface area contributed by atoms with E-state index in [-0.39, 0.29) is 16.2 Å². The van der Waals surface area contributed by atoms with E-state index in [2.05, 4.69) is 5.32 Å². The van der Waals surface area contributed by atoms with Crippen LogP contribution < -0.4 is 10.2 Å². The van der Waals surface area contributed by atoms with Crippen molar-refractivity contribution in [2.24, 2.45) is 0 Å². The summed E-state index contributed by atoms with van der Waals surface area (Å²) in [6.45, 7) is 4.15. The molecule has 3 aromatic carbocycles. The maximum atomic E-state index is 13.5. The molecule has 0 radical (unpaired) electrons. The molecule has 188 valence electrons. The van der Waals surface area contributed by atoms with Gasteiger partial charge in [-0.25, -0.2) is 14.5 Å². The number of ether oxygens (including phenoxy) is 1. The second kappa shape index (κ2) is 11.1. The van der Waals surface area contributed by atoms with Crippen LogP contribution in [0.1, 0.15) is 39.6 Å². The average molecular weight is 517 g/mol. The molecule has 4 rings (SSSR count). The van der Waals surface area contributed by atoms with E-state index in [0.29, 0.717) is 30.0 Å². The van der Waals surface area contributed by atoms with Gasteiger partial charge in [0, 0.05) is 10.6 Å². The lowest BCUT2D eigenvalue weighted by Crippen LogP contribution is -2.32. The maximum absolute atomic E-state index is 13.5. The second-order valence-electron chi connectivity index (χ2n) is 8.26. The molecule has 0 saturated carbocycles. The summed E-state index contributed by atoms with van der Waals surface area (Å²) in [5.41, 5.74) is 2.31. The van der Waals surface area contributed by atoms with Crippen molar-refractivity contribution in [3.05, 3.63) is 100 Å². The van der Waals surface area contributed by atoms with Gasteiger partial charge >= 0.3 is 11.9 Å². The largest absolute Gasteiger partial charge is 0.478 e. The van der Waals surface area contributed by atoms with Gasteiger partial charge in [-0.1, -0.05) is 36.4 Å². The standard InChI is InChI=1S/C28H24N2O6S/c1-3-16-36-28(35)19-8-12-21(13-9-19)30-25(31)23(29-20-10-6-18(7-11-20)27(33)34)24(26(30)32)37-22-14-4-17(2)5-15-22/h4-15,29H,3,16H2,1-2H3,(H,33,34). The predicted molar refractivity (Wildman–Crippen MR) is 141 cm³/mol. The van der Waals surface area contributed by atoms with Crippen molar-refractivity contribution in [3.63, 3.8) is 0 Å². The number of thioether (sulfide) groups is 1. The molecule has 0 aromatic heterocycles. The molecule has 3 aromatic rings. The molecule has 0 bridgehead atoms. The summed E-state index contributed by atoms with van der Waals surface area (Å²) in [5, 5.41) is 12.2. The van der Waals surface area contributed by atoms with E-state index < -0.39 is 23.8 Å². The number of benzene rings is 3. The summed E-state index contributed by atoms with van der Waals surface area (Å²) >= 11 is 1.16. The van der Waals surface area contributed by atoms with Crippen molar-refractivity contribution in [1.29, 1.82) is 0 Å². The summed E-state index contributed by atoms with van der Waals surface area (Å²) in [6, 6.07) is 19.5. The molecule has 1 aliphatic heterocycles. The first-order chi connectivity index (χ1) is 17.8. The van der Waals surface area contributed by atoms with Crippen molar-refractivity contribution in [2.75, 3.05) is 16.8 Å². The fourth-order valence-corrected chi connectivity index (χ4v) is 4.47. The van der Waals surface area contributed by atoms with Crippen LogP contribution in [0.3, 0.4) is 0 Å². The molecule has 0 unspecified atom stereocenters. The third-order valence-corrected chi connectivity index (χ3v) is 6.57. The van der Waals surface area contributed by atoms with E-state index in [9.17, 15) is 19.2 Å². The van der Waals surface area contributed by atoms with Gasteiger partial charge in [0.1, 0.15) is 10.6 Å². The van der Waals surface area contributed by atoms with E-state index in [1.807, 2.05) is 38.1 Å². The number of carboxylic acid groups (broad SMARTS) is 1. The average Bonchev–Trinajstić information content (AvgIpc) is 3.12. The number of carbonyl (C=O) groups excluding carboxylic acids is 3. The number of esters is 1. The summed E-state index contributed by atoms with van der Waals surface area (Å²) in [4.78, 5) is 52.3. The zero-order valence-electron chi connectivity index (χ0n) is 20.2. The van der Waals surface area contributed by atoms with E-state index in [0.717, 1.165) is 27.1 Å². The highest BCUT2D eigenvalue weighted by Gasteiger charge is 2.40. The van der Waals surface area contributed by atoms with E-state index in [1.165, 1.54) is 48.5 Å². The lowest BCUT2D eigenvalue weighted by atomic mass is 10.2. The first kappa shape index (κ1) is 25.7.